The first kappa shape index (κ1) is 17.2. The molecule has 1 aliphatic rings. The topological polar surface area (TPSA) is 88.6 Å². The van der Waals surface area contributed by atoms with E-state index >= 15 is 0 Å². The van der Waals surface area contributed by atoms with Gasteiger partial charge in [0, 0.05) is 23.7 Å². The van der Waals surface area contributed by atoms with Crippen molar-refractivity contribution in [3.63, 3.8) is 0 Å². The number of rotatable bonds is 6. The molecule has 1 aliphatic heterocycles. The number of furan rings is 1. The number of nitrogens with one attached hydrogen (secondary N) is 1. The Labute approximate surface area is 147 Å². The van der Waals surface area contributed by atoms with Gasteiger partial charge in [-0.15, -0.1) is 0 Å². The number of hydrogen-bond acceptors (Lipinski definition) is 4. The summed E-state index contributed by atoms with van der Waals surface area (Å²) in [6.45, 7) is 1.82. The highest BCUT2D eigenvalue weighted by Crippen LogP contribution is 2.22. The molecule has 0 bridgehead atoms. The van der Waals surface area contributed by atoms with Crippen LogP contribution in [0.3, 0.4) is 0 Å². The molecule has 25 heavy (non-hydrogen) atoms. The van der Waals surface area contributed by atoms with E-state index in [0.717, 1.165) is 18.5 Å². The van der Waals surface area contributed by atoms with Gasteiger partial charge in [0.15, 0.2) is 5.76 Å². The quantitative estimate of drug-likeness (QED) is 0.843. The van der Waals surface area contributed by atoms with Gasteiger partial charge in [0.1, 0.15) is 5.76 Å². The normalized spacial score (nSPS) is 17.6. The summed E-state index contributed by atoms with van der Waals surface area (Å²) in [7, 11) is 2.14. The molecule has 132 valence electrons. The van der Waals surface area contributed by atoms with Crippen molar-refractivity contribution < 1.29 is 14.0 Å². The fraction of sp³-hybridized carbons (Fsp3) is 0.368. The number of likely N-dealkylation sites (tertiary alicyclic amines) is 1. The van der Waals surface area contributed by atoms with Crippen molar-refractivity contribution in [2.24, 2.45) is 5.73 Å². The standard InChI is InChI=1S/C19H23N3O3/c1-22-12-2-3-15(22)10-11-21-19(24)14-6-4-13(5-7-14)16-8-9-17(25-16)18(20)23/h4-9,15H,2-3,10-12H2,1H3,(H2,20,23)(H,21,24)/t15-/m1/s1. The van der Waals surface area contributed by atoms with E-state index in [2.05, 4.69) is 17.3 Å². The minimum absolute atomic E-state index is 0.0792. The maximum Gasteiger partial charge on any atom is 0.284 e. The van der Waals surface area contributed by atoms with Crippen molar-refractivity contribution in [1.29, 1.82) is 0 Å². The summed E-state index contributed by atoms with van der Waals surface area (Å²) in [5, 5.41) is 2.97. The second-order valence-corrected chi connectivity index (χ2v) is 6.43. The zero-order valence-electron chi connectivity index (χ0n) is 14.3. The van der Waals surface area contributed by atoms with Crippen LogP contribution in [0.5, 0.6) is 0 Å². The minimum Gasteiger partial charge on any atom is -0.451 e. The SMILES string of the molecule is CN1CCC[C@@H]1CCNC(=O)c1ccc(-c2ccc(C(N)=O)o2)cc1. The summed E-state index contributed by atoms with van der Waals surface area (Å²) in [6.07, 6.45) is 3.42. The lowest BCUT2D eigenvalue weighted by atomic mass is 10.1. The number of amides is 2. The molecular weight excluding hydrogens is 318 g/mol. The smallest absolute Gasteiger partial charge is 0.284 e. The summed E-state index contributed by atoms with van der Waals surface area (Å²) in [6, 6.07) is 10.9. The van der Waals surface area contributed by atoms with E-state index in [-0.39, 0.29) is 11.7 Å². The molecule has 1 fully saturated rings. The largest absolute Gasteiger partial charge is 0.451 e. The van der Waals surface area contributed by atoms with Gasteiger partial charge in [0.05, 0.1) is 0 Å². The van der Waals surface area contributed by atoms with Gasteiger partial charge in [-0.05, 0) is 57.1 Å². The van der Waals surface area contributed by atoms with Gasteiger partial charge in [-0.2, -0.15) is 0 Å². The number of primary amides is 1. The first-order valence-electron chi connectivity index (χ1n) is 8.53. The Morgan fingerprint density at radius 2 is 2.00 bits per heavy atom. The lowest BCUT2D eigenvalue weighted by Gasteiger charge is -2.19. The number of nitrogens with two attached hydrogens (primary N) is 1. The summed E-state index contributed by atoms with van der Waals surface area (Å²) >= 11 is 0. The fourth-order valence-electron chi connectivity index (χ4n) is 3.21. The Morgan fingerprint density at radius 3 is 2.60 bits per heavy atom. The molecule has 6 heteroatoms. The number of nitrogens with zero attached hydrogens (tertiary/aromatic N) is 1. The van der Waals surface area contributed by atoms with Crippen LogP contribution in [-0.4, -0.2) is 42.9 Å². The van der Waals surface area contributed by atoms with Crippen molar-refractivity contribution >= 4 is 11.8 Å². The molecule has 2 amide bonds. The van der Waals surface area contributed by atoms with Crippen molar-refractivity contribution in [2.75, 3.05) is 20.1 Å². The van der Waals surface area contributed by atoms with E-state index in [4.69, 9.17) is 10.2 Å². The first-order chi connectivity index (χ1) is 12.0. The van der Waals surface area contributed by atoms with Crippen LogP contribution in [0.25, 0.3) is 11.3 Å². The molecule has 1 aromatic carbocycles. The molecule has 1 saturated heterocycles. The number of carbonyl (C=O) groups excluding carboxylic acids is 2. The predicted octanol–water partition coefficient (Wildman–Crippen LogP) is 2.26. The zero-order valence-corrected chi connectivity index (χ0v) is 14.3. The molecule has 0 aliphatic carbocycles. The Kier molecular flexibility index (Phi) is 5.19. The lowest BCUT2D eigenvalue weighted by molar-refractivity contribution is 0.0948. The second kappa shape index (κ2) is 7.53. The molecule has 0 unspecified atom stereocenters. The number of hydrogen-bond donors (Lipinski definition) is 2. The highest BCUT2D eigenvalue weighted by atomic mass is 16.3. The monoisotopic (exact) mass is 341 g/mol. The maximum atomic E-state index is 12.2. The van der Waals surface area contributed by atoms with E-state index in [1.165, 1.54) is 12.8 Å². The van der Waals surface area contributed by atoms with Crippen LogP contribution < -0.4 is 11.1 Å². The molecule has 0 radical (unpaired) electrons. The molecule has 2 aromatic rings. The Balaban J connectivity index is 1.55. The van der Waals surface area contributed by atoms with Crippen molar-refractivity contribution in [1.82, 2.24) is 10.2 Å². The Bertz CT molecular complexity index is 752. The van der Waals surface area contributed by atoms with Gasteiger partial charge < -0.3 is 20.4 Å². The average Bonchev–Trinajstić information content (AvgIpc) is 3.25. The minimum atomic E-state index is -0.602. The highest BCUT2D eigenvalue weighted by Gasteiger charge is 2.20. The van der Waals surface area contributed by atoms with Crippen LogP contribution in [0.15, 0.2) is 40.8 Å². The van der Waals surface area contributed by atoms with E-state index in [1.807, 2.05) is 0 Å². The molecule has 0 saturated carbocycles. The third kappa shape index (κ3) is 4.09. The van der Waals surface area contributed by atoms with Crippen molar-refractivity contribution in [3.05, 3.63) is 47.7 Å². The number of carbonyl (C=O) groups is 2. The summed E-state index contributed by atoms with van der Waals surface area (Å²) in [4.78, 5) is 25.7. The van der Waals surface area contributed by atoms with Gasteiger partial charge in [-0.25, -0.2) is 0 Å². The van der Waals surface area contributed by atoms with Crippen LogP contribution in [0.4, 0.5) is 0 Å². The van der Waals surface area contributed by atoms with Gasteiger partial charge in [-0.3, -0.25) is 9.59 Å². The van der Waals surface area contributed by atoms with Crippen LogP contribution in [-0.2, 0) is 0 Å². The van der Waals surface area contributed by atoms with E-state index in [0.29, 0.717) is 23.9 Å². The lowest BCUT2D eigenvalue weighted by Crippen LogP contribution is -2.31. The van der Waals surface area contributed by atoms with Crippen LogP contribution in [0.1, 0.15) is 40.2 Å². The molecule has 2 heterocycles. The van der Waals surface area contributed by atoms with Gasteiger partial charge in [0.25, 0.3) is 11.8 Å². The molecule has 3 N–H and O–H groups in total. The van der Waals surface area contributed by atoms with Crippen LogP contribution >= 0.6 is 0 Å². The van der Waals surface area contributed by atoms with Gasteiger partial charge in [-0.1, -0.05) is 12.1 Å². The molecule has 1 atom stereocenters. The molecular formula is C19H23N3O3. The molecule has 3 rings (SSSR count). The van der Waals surface area contributed by atoms with E-state index in [9.17, 15) is 9.59 Å². The highest BCUT2D eigenvalue weighted by molar-refractivity contribution is 5.94. The van der Waals surface area contributed by atoms with Crippen LogP contribution in [0.2, 0.25) is 0 Å². The van der Waals surface area contributed by atoms with E-state index in [1.54, 1.807) is 36.4 Å². The molecule has 6 nitrogen and oxygen atoms in total. The molecule has 0 spiro atoms. The Hall–Kier alpha value is -2.60. The van der Waals surface area contributed by atoms with Crippen LogP contribution in [0, 0.1) is 0 Å². The number of benzene rings is 1. The third-order valence-corrected chi connectivity index (χ3v) is 4.72. The van der Waals surface area contributed by atoms with Crippen molar-refractivity contribution in [2.45, 2.75) is 25.3 Å². The Morgan fingerprint density at radius 1 is 1.24 bits per heavy atom. The van der Waals surface area contributed by atoms with Gasteiger partial charge in [0.2, 0.25) is 0 Å². The summed E-state index contributed by atoms with van der Waals surface area (Å²) < 4.78 is 5.38. The van der Waals surface area contributed by atoms with Crippen molar-refractivity contribution in [3.8, 4) is 11.3 Å². The second-order valence-electron chi connectivity index (χ2n) is 6.43. The first-order valence-corrected chi connectivity index (χ1v) is 8.53. The third-order valence-electron chi connectivity index (χ3n) is 4.72. The fourth-order valence-corrected chi connectivity index (χ4v) is 3.21. The maximum absolute atomic E-state index is 12.2. The summed E-state index contributed by atoms with van der Waals surface area (Å²) in [5.74, 6) is -0.0154. The van der Waals surface area contributed by atoms with E-state index < -0.39 is 5.91 Å². The molecule has 1 aromatic heterocycles. The van der Waals surface area contributed by atoms with Gasteiger partial charge >= 0.3 is 0 Å². The average molecular weight is 341 g/mol. The zero-order chi connectivity index (χ0) is 17.8. The predicted molar refractivity (Wildman–Crippen MR) is 95.3 cm³/mol. The summed E-state index contributed by atoms with van der Waals surface area (Å²) in [5.41, 5.74) is 6.57.